The van der Waals surface area contributed by atoms with Crippen LogP contribution in [0.4, 0.5) is 11.4 Å². The highest BCUT2D eigenvalue weighted by Crippen LogP contribution is 2.32. The van der Waals surface area contributed by atoms with Gasteiger partial charge < -0.3 is 9.80 Å². The summed E-state index contributed by atoms with van der Waals surface area (Å²) in [5.74, 6) is 0.689. The Bertz CT molecular complexity index is 459. The minimum absolute atomic E-state index is 0.115. The van der Waals surface area contributed by atoms with Gasteiger partial charge in [0.15, 0.2) is 0 Å². The lowest BCUT2D eigenvalue weighted by Gasteiger charge is -2.42. The van der Waals surface area contributed by atoms with Crippen molar-refractivity contribution >= 4 is 27.3 Å². The van der Waals surface area contributed by atoms with Crippen LogP contribution in [0.3, 0.4) is 0 Å². The average Bonchev–Trinajstić information content (AvgIpc) is 2.21. The molecule has 6 heteroatoms. The number of hydrogen-bond acceptors (Lipinski definition) is 4. The number of hydrogen-bond donors (Lipinski definition) is 0. The Morgan fingerprint density at radius 2 is 2.17 bits per heavy atom. The summed E-state index contributed by atoms with van der Waals surface area (Å²) >= 11 is 3.25. The van der Waals surface area contributed by atoms with Crippen LogP contribution in [-0.2, 0) is 0 Å². The summed E-state index contributed by atoms with van der Waals surface area (Å²) in [6.45, 7) is 3.12. The fourth-order valence-corrected chi connectivity index (χ4v) is 2.76. The van der Waals surface area contributed by atoms with E-state index in [0.717, 1.165) is 25.3 Å². The summed E-state index contributed by atoms with van der Waals surface area (Å²) in [4.78, 5) is 14.8. The SMILES string of the molecule is CN(C)CC1CN(c2ccc([N+](=O)[O-])c(Br)c2)C1. The third-order valence-corrected chi connectivity index (χ3v) is 3.71. The monoisotopic (exact) mass is 313 g/mol. The Balaban J connectivity index is 2.00. The lowest BCUT2D eigenvalue weighted by atomic mass is 9.99. The van der Waals surface area contributed by atoms with E-state index in [1.807, 2.05) is 12.1 Å². The maximum absolute atomic E-state index is 10.7. The summed E-state index contributed by atoms with van der Waals surface area (Å²) in [6.07, 6.45) is 0. The number of nitro benzene ring substituents is 1. The van der Waals surface area contributed by atoms with Gasteiger partial charge in [-0.1, -0.05) is 0 Å². The van der Waals surface area contributed by atoms with Crippen LogP contribution in [0.1, 0.15) is 0 Å². The first-order chi connectivity index (χ1) is 8.47. The Morgan fingerprint density at radius 1 is 1.50 bits per heavy atom. The molecule has 0 aromatic heterocycles. The van der Waals surface area contributed by atoms with Gasteiger partial charge in [-0.05, 0) is 42.2 Å². The molecular formula is C12H16BrN3O2. The van der Waals surface area contributed by atoms with Crippen molar-refractivity contribution in [3.8, 4) is 0 Å². The number of halogens is 1. The lowest BCUT2D eigenvalue weighted by molar-refractivity contribution is -0.385. The molecule has 0 radical (unpaired) electrons. The highest BCUT2D eigenvalue weighted by atomic mass is 79.9. The molecule has 0 bridgehead atoms. The molecule has 1 saturated heterocycles. The van der Waals surface area contributed by atoms with Crippen LogP contribution < -0.4 is 4.90 Å². The third kappa shape index (κ3) is 2.81. The van der Waals surface area contributed by atoms with Crippen molar-refractivity contribution in [1.82, 2.24) is 4.90 Å². The van der Waals surface area contributed by atoms with Gasteiger partial charge in [-0.2, -0.15) is 0 Å². The Morgan fingerprint density at radius 3 is 2.67 bits per heavy atom. The van der Waals surface area contributed by atoms with E-state index in [1.54, 1.807) is 6.07 Å². The van der Waals surface area contributed by atoms with E-state index >= 15 is 0 Å². The van der Waals surface area contributed by atoms with E-state index in [4.69, 9.17) is 0 Å². The molecule has 98 valence electrons. The molecule has 18 heavy (non-hydrogen) atoms. The molecule has 0 unspecified atom stereocenters. The summed E-state index contributed by atoms with van der Waals surface area (Å²) in [5, 5.41) is 10.7. The molecule has 1 heterocycles. The molecule has 0 saturated carbocycles. The molecule has 1 fully saturated rings. The predicted octanol–water partition coefficient (Wildman–Crippen LogP) is 2.36. The van der Waals surface area contributed by atoms with Crippen molar-refractivity contribution in [3.63, 3.8) is 0 Å². The molecule has 1 aliphatic heterocycles. The van der Waals surface area contributed by atoms with Gasteiger partial charge in [0.2, 0.25) is 0 Å². The Kier molecular flexibility index (Phi) is 3.87. The predicted molar refractivity (Wildman–Crippen MR) is 75.1 cm³/mol. The molecule has 0 atom stereocenters. The smallest absolute Gasteiger partial charge is 0.283 e. The summed E-state index contributed by atoms with van der Waals surface area (Å²) < 4.78 is 0.543. The van der Waals surface area contributed by atoms with Gasteiger partial charge in [-0.25, -0.2) is 0 Å². The van der Waals surface area contributed by atoms with Crippen LogP contribution in [0.15, 0.2) is 22.7 Å². The van der Waals surface area contributed by atoms with Gasteiger partial charge in [-0.15, -0.1) is 0 Å². The quantitative estimate of drug-likeness (QED) is 0.632. The van der Waals surface area contributed by atoms with Gasteiger partial charge >= 0.3 is 0 Å². The van der Waals surface area contributed by atoms with Crippen LogP contribution in [0.5, 0.6) is 0 Å². The number of anilines is 1. The zero-order chi connectivity index (χ0) is 13.3. The first kappa shape index (κ1) is 13.3. The molecule has 1 aromatic rings. The number of benzene rings is 1. The zero-order valence-corrected chi connectivity index (χ0v) is 12.1. The van der Waals surface area contributed by atoms with Gasteiger partial charge in [0.05, 0.1) is 9.40 Å². The third-order valence-electron chi connectivity index (χ3n) is 3.07. The minimum Gasteiger partial charge on any atom is -0.371 e. The molecule has 0 amide bonds. The van der Waals surface area contributed by atoms with E-state index in [-0.39, 0.29) is 10.6 Å². The van der Waals surface area contributed by atoms with Crippen molar-refractivity contribution in [2.75, 3.05) is 38.6 Å². The fraction of sp³-hybridized carbons (Fsp3) is 0.500. The topological polar surface area (TPSA) is 49.6 Å². The minimum atomic E-state index is -0.376. The zero-order valence-electron chi connectivity index (χ0n) is 10.5. The fourth-order valence-electron chi connectivity index (χ4n) is 2.25. The second-order valence-corrected chi connectivity index (χ2v) is 5.78. The van der Waals surface area contributed by atoms with E-state index in [1.165, 1.54) is 0 Å². The standard InChI is InChI=1S/C12H16BrN3O2/c1-14(2)6-9-7-15(8-9)10-3-4-12(16(17)18)11(13)5-10/h3-5,9H,6-8H2,1-2H3. The maximum Gasteiger partial charge on any atom is 0.283 e. The van der Waals surface area contributed by atoms with E-state index in [2.05, 4.69) is 39.8 Å². The van der Waals surface area contributed by atoms with Gasteiger partial charge in [-0.3, -0.25) is 10.1 Å². The van der Waals surface area contributed by atoms with E-state index in [0.29, 0.717) is 10.4 Å². The molecule has 0 spiro atoms. The first-order valence-corrected chi connectivity index (χ1v) is 6.60. The van der Waals surface area contributed by atoms with Crippen molar-refractivity contribution in [2.45, 2.75) is 0 Å². The van der Waals surface area contributed by atoms with Crippen molar-refractivity contribution in [3.05, 3.63) is 32.8 Å². The summed E-state index contributed by atoms with van der Waals surface area (Å²) in [5.41, 5.74) is 1.16. The van der Waals surface area contributed by atoms with Crippen molar-refractivity contribution in [2.24, 2.45) is 5.92 Å². The summed E-state index contributed by atoms with van der Waals surface area (Å²) in [6, 6.07) is 5.19. The molecule has 5 nitrogen and oxygen atoms in total. The first-order valence-electron chi connectivity index (χ1n) is 5.81. The van der Waals surface area contributed by atoms with Crippen LogP contribution in [0.2, 0.25) is 0 Å². The number of nitro groups is 1. The highest BCUT2D eigenvalue weighted by molar-refractivity contribution is 9.10. The largest absolute Gasteiger partial charge is 0.371 e. The maximum atomic E-state index is 10.7. The second kappa shape index (κ2) is 5.24. The molecular weight excluding hydrogens is 298 g/mol. The molecule has 2 rings (SSSR count). The second-order valence-electron chi connectivity index (χ2n) is 4.93. The summed E-state index contributed by atoms with van der Waals surface area (Å²) in [7, 11) is 4.15. The molecule has 0 aliphatic carbocycles. The Labute approximate surface area is 115 Å². The normalized spacial score (nSPS) is 15.9. The van der Waals surface area contributed by atoms with Crippen LogP contribution in [-0.4, -0.2) is 43.6 Å². The van der Waals surface area contributed by atoms with Crippen molar-refractivity contribution in [1.29, 1.82) is 0 Å². The lowest BCUT2D eigenvalue weighted by Crippen LogP contribution is -2.50. The van der Waals surface area contributed by atoms with Crippen LogP contribution in [0.25, 0.3) is 0 Å². The number of nitrogens with zero attached hydrogens (tertiary/aromatic N) is 3. The molecule has 1 aromatic carbocycles. The highest BCUT2D eigenvalue weighted by Gasteiger charge is 2.28. The molecule has 0 N–H and O–H groups in total. The van der Waals surface area contributed by atoms with Crippen LogP contribution >= 0.6 is 15.9 Å². The van der Waals surface area contributed by atoms with Crippen molar-refractivity contribution < 1.29 is 4.92 Å². The van der Waals surface area contributed by atoms with Gasteiger partial charge in [0.25, 0.3) is 5.69 Å². The van der Waals surface area contributed by atoms with Gasteiger partial charge in [0.1, 0.15) is 0 Å². The van der Waals surface area contributed by atoms with Crippen LogP contribution in [0, 0.1) is 16.0 Å². The number of rotatable bonds is 4. The van der Waals surface area contributed by atoms with E-state index < -0.39 is 0 Å². The van der Waals surface area contributed by atoms with Gasteiger partial charge in [0, 0.05) is 37.3 Å². The molecule has 1 aliphatic rings. The average molecular weight is 314 g/mol. The Hall–Kier alpha value is -1.14. The van der Waals surface area contributed by atoms with E-state index in [9.17, 15) is 10.1 Å².